The van der Waals surface area contributed by atoms with E-state index in [2.05, 4.69) is 5.32 Å². The Kier molecular flexibility index (Phi) is 5.41. The van der Waals surface area contributed by atoms with Gasteiger partial charge in [0.15, 0.2) is 0 Å². The van der Waals surface area contributed by atoms with Gasteiger partial charge in [-0.3, -0.25) is 9.59 Å². The minimum Gasteiger partial charge on any atom is -0.397 e. The molecule has 5 N–H and O–H groups in total. The molecule has 6 heteroatoms. The van der Waals surface area contributed by atoms with Crippen LogP contribution in [0.2, 0.25) is 0 Å². The van der Waals surface area contributed by atoms with Crippen LogP contribution in [0.3, 0.4) is 0 Å². The molecule has 0 saturated heterocycles. The first-order chi connectivity index (χ1) is 8.91. The van der Waals surface area contributed by atoms with Crippen LogP contribution in [0.25, 0.3) is 0 Å². The Balaban J connectivity index is 2.47. The first kappa shape index (κ1) is 15.1. The molecule has 106 valence electrons. The molecule has 1 aromatic heterocycles. The molecule has 2 amide bonds. The second-order valence-corrected chi connectivity index (χ2v) is 4.84. The maximum Gasteiger partial charge on any atom is 0.267 e. The number of nitrogens with two attached hydrogens (primary N) is 2. The van der Waals surface area contributed by atoms with E-state index in [0.717, 1.165) is 6.42 Å². The molecule has 0 spiro atoms. The van der Waals surface area contributed by atoms with E-state index in [-0.39, 0.29) is 17.9 Å². The van der Waals surface area contributed by atoms with Crippen molar-refractivity contribution in [2.45, 2.75) is 39.2 Å². The maximum absolute atomic E-state index is 12.0. The molecule has 0 bridgehead atoms. The zero-order valence-corrected chi connectivity index (χ0v) is 11.5. The molecule has 0 saturated carbocycles. The zero-order chi connectivity index (χ0) is 14.4. The number of nitrogens with zero attached hydrogens (tertiary/aromatic N) is 1. The summed E-state index contributed by atoms with van der Waals surface area (Å²) in [5.41, 5.74) is 11.9. The second-order valence-electron chi connectivity index (χ2n) is 4.84. The average Bonchev–Trinajstić information content (AvgIpc) is 2.70. The SMILES string of the molecule is CC(C)n1cc(N)cc1C(=O)NCCCCC(N)=O. The Morgan fingerprint density at radius 2 is 2.05 bits per heavy atom. The summed E-state index contributed by atoms with van der Waals surface area (Å²) in [7, 11) is 0. The number of nitrogens with one attached hydrogen (secondary N) is 1. The first-order valence-corrected chi connectivity index (χ1v) is 6.45. The van der Waals surface area contributed by atoms with E-state index in [1.165, 1.54) is 0 Å². The first-order valence-electron chi connectivity index (χ1n) is 6.45. The number of aromatic nitrogens is 1. The van der Waals surface area contributed by atoms with Gasteiger partial charge < -0.3 is 21.4 Å². The fraction of sp³-hybridized carbons (Fsp3) is 0.538. The smallest absolute Gasteiger partial charge is 0.267 e. The van der Waals surface area contributed by atoms with Gasteiger partial charge in [0, 0.05) is 25.2 Å². The number of rotatable bonds is 7. The largest absolute Gasteiger partial charge is 0.397 e. The summed E-state index contributed by atoms with van der Waals surface area (Å²) < 4.78 is 1.84. The molecular formula is C13H22N4O2. The third-order valence-electron chi connectivity index (χ3n) is 2.79. The van der Waals surface area contributed by atoms with Crippen molar-refractivity contribution in [1.29, 1.82) is 0 Å². The summed E-state index contributed by atoms with van der Waals surface area (Å²) in [5, 5.41) is 2.81. The van der Waals surface area contributed by atoms with E-state index in [1.807, 2.05) is 18.4 Å². The fourth-order valence-electron chi connectivity index (χ4n) is 1.83. The number of amides is 2. The molecule has 0 unspecified atom stereocenters. The van der Waals surface area contributed by atoms with Gasteiger partial charge in [-0.2, -0.15) is 0 Å². The molecule has 0 aliphatic heterocycles. The third-order valence-corrected chi connectivity index (χ3v) is 2.79. The monoisotopic (exact) mass is 266 g/mol. The molecule has 19 heavy (non-hydrogen) atoms. The van der Waals surface area contributed by atoms with Gasteiger partial charge >= 0.3 is 0 Å². The van der Waals surface area contributed by atoms with Crippen LogP contribution >= 0.6 is 0 Å². The highest BCUT2D eigenvalue weighted by Crippen LogP contribution is 2.16. The molecule has 0 aliphatic rings. The molecule has 1 rings (SSSR count). The molecule has 1 heterocycles. The molecule has 0 radical (unpaired) electrons. The topological polar surface area (TPSA) is 103 Å². The summed E-state index contributed by atoms with van der Waals surface area (Å²) >= 11 is 0. The predicted octanol–water partition coefficient (Wildman–Crippen LogP) is 1.04. The van der Waals surface area contributed by atoms with Crippen LogP contribution in [-0.2, 0) is 4.79 Å². The van der Waals surface area contributed by atoms with E-state index in [0.29, 0.717) is 30.8 Å². The average molecular weight is 266 g/mol. The number of unbranched alkanes of at least 4 members (excludes halogenated alkanes) is 1. The molecule has 6 nitrogen and oxygen atoms in total. The van der Waals surface area contributed by atoms with Crippen LogP contribution in [-0.4, -0.2) is 22.9 Å². The van der Waals surface area contributed by atoms with Crippen LogP contribution in [0.5, 0.6) is 0 Å². The lowest BCUT2D eigenvalue weighted by molar-refractivity contribution is -0.118. The Bertz CT molecular complexity index is 451. The minimum atomic E-state index is -0.312. The van der Waals surface area contributed by atoms with Gasteiger partial charge in [-0.05, 0) is 32.8 Å². The number of anilines is 1. The van der Waals surface area contributed by atoms with Gasteiger partial charge in [0.05, 0.1) is 5.69 Å². The minimum absolute atomic E-state index is 0.149. The summed E-state index contributed by atoms with van der Waals surface area (Å²) in [5.74, 6) is -0.461. The number of carbonyl (C=O) groups is 2. The number of carbonyl (C=O) groups excluding carboxylic acids is 2. The third kappa shape index (κ3) is 4.65. The summed E-state index contributed by atoms with van der Waals surface area (Å²) in [6.07, 6.45) is 3.52. The lowest BCUT2D eigenvalue weighted by Crippen LogP contribution is -2.27. The highest BCUT2D eigenvalue weighted by Gasteiger charge is 2.14. The molecule has 0 aliphatic carbocycles. The highest BCUT2D eigenvalue weighted by molar-refractivity contribution is 5.93. The van der Waals surface area contributed by atoms with E-state index >= 15 is 0 Å². The quantitative estimate of drug-likeness (QED) is 0.642. The zero-order valence-electron chi connectivity index (χ0n) is 11.5. The molecule has 1 aromatic rings. The van der Waals surface area contributed by atoms with Crippen molar-refractivity contribution in [3.8, 4) is 0 Å². The lowest BCUT2D eigenvalue weighted by atomic mass is 10.2. The fourth-order valence-corrected chi connectivity index (χ4v) is 1.83. The van der Waals surface area contributed by atoms with Gasteiger partial charge in [-0.1, -0.05) is 0 Å². The Labute approximate surface area is 113 Å². The lowest BCUT2D eigenvalue weighted by Gasteiger charge is -2.12. The Morgan fingerprint density at radius 1 is 1.37 bits per heavy atom. The number of primary amides is 1. The standard InChI is InChI=1S/C13H22N4O2/c1-9(2)17-8-10(14)7-11(17)13(19)16-6-4-3-5-12(15)18/h7-9H,3-6,14H2,1-2H3,(H2,15,18)(H,16,19). The summed E-state index contributed by atoms with van der Waals surface area (Å²) in [4.78, 5) is 22.6. The van der Waals surface area contributed by atoms with Gasteiger partial charge in [0.2, 0.25) is 5.91 Å². The molecule has 0 aromatic carbocycles. The van der Waals surface area contributed by atoms with E-state index in [4.69, 9.17) is 11.5 Å². The molecular weight excluding hydrogens is 244 g/mol. The number of hydrogen-bond acceptors (Lipinski definition) is 3. The summed E-state index contributed by atoms with van der Waals surface area (Å²) in [6, 6.07) is 1.84. The van der Waals surface area contributed by atoms with E-state index < -0.39 is 0 Å². The Morgan fingerprint density at radius 3 is 2.63 bits per heavy atom. The van der Waals surface area contributed by atoms with Gasteiger partial charge in [-0.15, -0.1) is 0 Å². The van der Waals surface area contributed by atoms with Crippen molar-refractivity contribution < 1.29 is 9.59 Å². The normalized spacial score (nSPS) is 10.7. The van der Waals surface area contributed by atoms with Crippen molar-refractivity contribution in [2.75, 3.05) is 12.3 Å². The van der Waals surface area contributed by atoms with Gasteiger partial charge in [0.1, 0.15) is 5.69 Å². The van der Waals surface area contributed by atoms with Crippen LogP contribution in [0.15, 0.2) is 12.3 Å². The highest BCUT2D eigenvalue weighted by atomic mass is 16.2. The van der Waals surface area contributed by atoms with Crippen LogP contribution in [0, 0.1) is 0 Å². The van der Waals surface area contributed by atoms with Gasteiger partial charge in [0.25, 0.3) is 5.91 Å². The van der Waals surface area contributed by atoms with Crippen molar-refractivity contribution in [1.82, 2.24) is 9.88 Å². The summed E-state index contributed by atoms with van der Waals surface area (Å²) in [6.45, 7) is 4.50. The van der Waals surface area contributed by atoms with Crippen molar-refractivity contribution in [2.24, 2.45) is 5.73 Å². The Hall–Kier alpha value is -1.98. The second kappa shape index (κ2) is 6.82. The maximum atomic E-state index is 12.0. The van der Waals surface area contributed by atoms with Crippen LogP contribution in [0.1, 0.15) is 49.6 Å². The number of hydrogen-bond donors (Lipinski definition) is 3. The molecule has 0 atom stereocenters. The molecule has 0 fully saturated rings. The van der Waals surface area contributed by atoms with Crippen LogP contribution in [0.4, 0.5) is 5.69 Å². The predicted molar refractivity (Wildman–Crippen MR) is 74.6 cm³/mol. The van der Waals surface area contributed by atoms with Crippen molar-refractivity contribution in [3.05, 3.63) is 18.0 Å². The van der Waals surface area contributed by atoms with Crippen LogP contribution < -0.4 is 16.8 Å². The van der Waals surface area contributed by atoms with Crippen molar-refractivity contribution in [3.63, 3.8) is 0 Å². The number of nitrogen functional groups attached to an aromatic ring is 1. The van der Waals surface area contributed by atoms with E-state index in [1.54, 1.807) is 12.3 Å². The van der Waals surface area contributed by atoms with E-state index in [9.17, 15) is 9.59 Å². The van der Waals surface area contributed by atoms with Crippen molar-refractivity contribution >= 4 is 17.5 Å². The van der Waals surface area contributed by atoms with Gasteiger partial charge in [-0.25, -0.2) is 0 Å².